The molecule has 1 unspecified atom stereocenters. The van der Waals surface area contributed by atoms with Crippen LogP contribution in [0, 0.1) is 0 Å². The summed E-state index contributed by atoms with van der Waals surface area (Å²) in [6, 6.07) is 12.2. The Bertz CT molecular complexity index is 760. The van der Waals surface area contributed by atoms with E-state index in [2.05, 4.69) is 12.2 Å². The normalized spacial score (nSPS) is 11.6. The van der Waals surface area contributed by atoms with E-state index in [1.165, 1.54) is 12.8 Å². The van der Waals surface area contributed by atoms with Crippen LogP contribution in [0.1, 0.15) is 54.6 Å². The number of methoxy groups -OCH3 is 2. The van der Waals surface area contributed by atoms with Crippen LogP contribution in [-0.4, -0.2) is 38.4 Å². The van der Waals surface area contributed by atoms with E-state index >= 15 is 0 Å². The minimum absolute atomic E-state index is 0.100. The summed E-state index contributed by atoms with van der Waals surface area (Å²) < 4.78 is 16.2. The van der Waals surface area contributed by atoms with Crippen molar-refractivity contribution in [2.75, 3.05) is 27.4 Å². The van der Waals surface area contributed by atoms with Gasteiger partial charge in [0.15, 0.2) is 11.5 Å². The van der Waals surface area contributed by atoms with Gasteiger partial charge in [-0.05, 0) is 42.3 Å². The first-order valence-electron chi connectivity index (χ1n) is 10.00. The fourth-order valence-electron chi connectivity index (χ4n) is 2.87. The number of carbonyl (C=O) groups is 1. The Balaban J connectivity index is 1.90. The zero-order valence-electron chi connectivity index (χ0n) is 17.4. The summed E-state index contributed by atoms with van der Waals surface area (Å²) in [6.07, 6.45) is 3.69. The average molecular weight is 402 g/mol. The molecule has 0 saturated heterocycles. The predicted octanol–water partition coefficient (Wildman–Crippen LogP) is 4.13. The van der Waals surface area contributed by atoms with Crippen molar-refractivity contribution in [3.63, 3.8) is 0 Å². The van der Waals surface area contributed by atoms with Crippen molar-refractivity contribution in [2.45, 2.75) is 38.7 Å². The second kappa shape index (κ2) is 12.0. The smallest absolute Gasteiger partial charge is 0.251 e. The van der Waals surface area contributed by atoms with Crippen LogP contribution >= 0.6 is 0 Å². The number of aliphatic hydroxyl groups is 1. The molecule has 0 radical (unpaired) electrons. The molecule has 0 bridgehead atoms. The number of carbonyl (C=O) groups excluding carboxylic acids is 1. The molecule has 1 atom stereocenters. The van der Waals surface area contributed by atoms with Crippen LogP contribution in [0.2, 0.25) is 0 Å². The first kappa shape index (κ1) is 22.6. The average Bonchev–Trinajstić information content (AvgIpc) is 2.77. The van der Waals surface area contributed by atoms with Crippen LogP contribution in [0.25, 0.3) is 0 Å². The maximum Gasteiger partial charge on any atom is 0.251 e. The van der Waals surface area contributed by atoms with E-state index in [1.807, 2.05) is 0 Å². The fourth-order valence-corrected chi connectivity index (χ4v) is 2.87. The Kier molecular flexibility index (Phi) is 9.31. The third-order valence-corrected chi connectivity index (χ3v) is 4.64. The molecule has 0 saturated carbocycles. The molecule has 6 nitrogen and oxygen atoms in total. The predicted molar refractivity (Wildman–Crippen MR) is 113 cm³/mol. The van der Waals surface area contributed by atoms with Crippen molar-refractivity contribution in [1.82, 2.24) is 5.32 Å². The van der Waals surface area contributed by atoms with Gasteiger partial charge in [0, 0.05) is 12.1 Å². The summed E-state index contributed by atoms with van der Waals surface area (Å²) >= 11 is 0. The number of unbranched alkanes of at least 4 members (excludes halogenated alkanes) is 3. The number of nitrogens with one attached hydrogen (secondary N) is 1. The van der Waals surface area contributed by atoms with Gasteiger partial charge >= 0.3 is 0 Å². The Hall–Kier alpha value is -2.73. The largest absolute Gasteiger partial charge is 0.497 e. The Morgan fingerprint density at radius 3 is 2.41 bits per heavy atom. The SMILES string of the molecule is CCCCCCOc1ccc(C(=O)NCC(O)c2ccc(OC)cc2)cc1OC. The van der Waals surface area contributed by atoms with E-state index in [4.69, 9.17) is 14.2 Å². The molecule has 158 valence electrons. The molecule has 6 heteroatoms. The van der Waals surface area contributed by atoms with E-state index in [0.29, 0.717) is 35.0 Å². The topological polar surface area (TPSA) is 77.0 Å². The summed E-state index contributed by atoms with van der Waals surface area (Å²) in [7, 11) is 3.14. The van der Waals surface area contributed by atoms with Gasteiger partial charge in [-0.2, -0.15) is 0 Å². The quantitative estimate of drug-likeness (QED) is 0.523. The van der Waals surface area contributed by atoms with Gasteiger partial charge in [0.05, 0.1) is 26.9 Å². The Morgan fingerprint density at radius 2 is 1.76 bits per heavy atom. The lowest BCUT2D eigenvalue weighted by molar-refractivity contribution is 0.0916. The molecule has 0 aromatic heterocycles. The van der Waals surface area contributed by atoms with Crippen molar-refractivity contribution in [3.05, 3.63) is 53.6 Å². The zero-order chi connectivity index (χ0) is 21.1. The third-order valence-electron chi connectivity index (χ3n) is 4.64. The lowest BCUT2D eigenvalue weighted by Crippen LogP contribution is -2.28. The van der Waals surface area contributed by atoms with Crippen LogP contribution in [0.15, 0.2) is 42.5 Å². The second-order valence-electron chi connectivity index (χ2n) is 6.77. The van der Waals surface area contributed by atoms with Crippen LogP contribution in [0.3, 0.4) is 0 Å². The molecule has 0 aliphatic heterocycles. The Labute approximate surface area is 172 Å². The Morgan fingerprint density at radius 1 is 1.00 bits per heavy atom. The fraction of sp³-hybridized carbons (Fsp3) is 0.435. The van der Waals surface area contributed by atoms with Crippen molar-refractivity contribution in [1.29, 1.82) is 0 Å². The molecule has 2 N–H and O–H groups in total. The van der Waals surface area contributed by atoms with E-state index in [1.54, 1.807) is 56.7 Å². The molecule has 2 rings (SSSR count). The highest BCUT2D eigenvalue weighted by Gasteiger charge is 2.14. The molecule has 1 amide bonds. The van der Waals surface area contributed by atoms with E-state index < -0.39 is 6.10 Å². The molecule has 0 heterocycles. The summed E-state index contributed by atoms with van der Waals surface area (Å²) in [4.78, 5) is 12.5. The van der Waals surface area contributed by atoms with E-state index in [-0.39, 0.29) is 12.5 Å². The maximum atomic E-state index is 12.5. The first-order chi connectivity index (χ1) is 14.1. The molecular weight excluding hydrogens is 370 g/mol. The molecule has 0 aliphatic rings. The minimum Gasteiger partial charge on any atom is -0.497 e. The first-order valence-corrected chi connectivity index (χ1v) is 10.00. The van der Waals surface area contributed by atoms with Crippen molar-refractivity contribution in [3.8, 4) is 17.2 Å². The van der Waals surface area contributed by atoms with Crippen molar-refractivity contribution >= 4 is 5.91 Å². The summed E-state index contributed by atoms with van der Waals surface area (Å²) in [5, 5.41) is 13.0. The summed E-state index contributed by atoms with van der Waals surface area (Å²) in [5.74, 6) is 1.57. The number of rotatable bonds is 12. The van der Waals surface area contributed by atoms with Gasteiger partial charge in [0.1, 0.15) is 5.75 Å². The number of amides is 1. The van der Waals surface area contributed by atoms with Gasteiger partial charge in [-0.3, -0.25) is 4.79 Å². The molecule has 0 spiro atoms. The monoisotopic (exact) mass is 401 g/mol. The highest BCUT2D eigenvalue weighted by molar-refractivity contribution is 5.94. The van der Waals surface area contributed by atoms with Crippen LogP contribution < -0.4 is 19.5 Å². The van der Waals surface area contributed by atoms with Crippen LogP contribution in [0.5, 0.6) is 17.2 Å². The van der Waals surface area contributed by atoms with Crippen molar-refractivity contribution < 1.29 is 24.1 Å². The lowest BCUT2D eigenvalue weighted by Gasteiger charge is -2.14. The molecule has 2 aromatic rings. The number of benzene rings is 2. The highest BCUT2D eigenvalue weighted by Crippen LogP contribution is 2.28. The summed E-state index contributed by atoms with van der Waals surface area (Å²) in [5.41, 5.74) is 1.15. The molecule has 29 heavy (non-hydrogen) atoms. The maximum absolute atomic E-state index is 12.5. The van der Waals surface area contributed by atoms with Crippen LogP contribution in [-0.2, 0) is 0 Å². The lowest BCUT2D eigenvalue weighted by atomic mass is 10.1. The van der Waals surface area contributed by atoms with E-state index in [0.717, 1.165) is 12.8 Å². The number of aliphatic hydroxyl groups excluding tert-OH is 1. The highest BCUT2D eigenvalue weighted by atomic mass is 16.5. The van der Waals surface area contributed by atoms with Gasteiger partial charge in [-0.15, -0.1) is 0 Å². The summed E-state index contributed by atoms with van der Waals surface area (Å²) in [6.45, 7) is 2.89. The second-order valence-corrected chi connectivity index (χ2v) is 6.77. The van der Waals surface area contributed by atoms with Crippen molar-refractivity contribution in [2.24, 2.45) is 0 Å². The number of ether oxygens (including phenoxy) is 3. The van der Waals surface area contributed by atoms with Gasteiger partial charge < -0.3 is 24.6 Å². The van der Waals surface area contributed by atoms with Gasteiger partial charge in [0.2, 0.25) is 0 Å². The standard InChI is InChI=1S/C23H31NO5/c1-4-5-6-7-14-29-21-13-10-18(15-22(21)28-3)23(26)24-16-20(25)17-8-11-19(27-2)12-9-17/h8-13,15,20,25H,4-7,14,16H2,1-3H3,(H,24,26). The minimum atomic E-state index is -0.808. The molecular formula is C23H31NO5. The number of hydrogen-bond donors (Lipinski definition) is 2. The van der Waals surface area contributed by atoms with Gasteiger partial charge in [-0.1, -0.05) is 38.3 Å². The van der Waals surface area contributed by atoms with Gasteiger partial charge in [0.25, 0.3) is 5.91 Å². The zero-order valence-corrected chi connectivity index (χ0v) is 17.4. The number of hydrogen-bond acceptors (Lipinski definition) is 5. The molecule has 0 fully saturated rings. The third kappa shape index (κ3) is 6.98. The van der Waals surface area contributed by atoms with Crippen LogP contribution in [0.4, 0.5) is 0 Å². The van der Waals surface area contributed by atoms with E-state index in [9.17, 15) is 9.90 Å². The van der Waals surface area contributed by atoms with Gasteiger partial charge in [-0.25, -0.2) is 0 Å². The molecule has 0 aliphatic carbocycles. The molecule has 2 aromatic carbocycles.